The second-order valence-electron chi connectivity index (χ2n) is 4.10. The van der Waals surface area contributed by atoms with Crippen molar-refractivity contribution in [3.63, 3.8) is 0 Å². The average Bonchev–Trinajstić information content (AvgIpc) is 2.32. The van der Waals surface area contributed by atoms with E-state index in [2.05, 4.69) is 30.3 Å². The third-order valence-electron chi connectivity index (χ3n) is 3.03. The fourth-order valence-electron chi connectivity index (χ4n) is 2.25. The van der Waals surface area contributed by atoms with E-state index in [0.29, 0.717) is 0 Å². The molecular formula is C12H18O2Si. The van der Waals surface area contributed by atoms with Crippen molar-refractivity contribution in [3.8, 4) is 0 Å². The SMILES string of the molecule is COC[Si]1(c2ccccc2)CCCCO1. The minimum absolute atomic E-state index is 0.789. The summed E-state index contributed by atoms with van der Waals surface area (Å²) in [5.41, 5.74) is 0. The molecule has 1 aliphatic rings. The van der Waals surface area contributed by atoms with Crippen LogP contribution in [0, 0.1) is 0 Å². The first-order valence-corrected chi connectivity index (χ1v) is 7.88. The highest BCUT2D eigenvalue weighted by molar-refractivity contribution is 6.86. The largest absolute Gasteiger partial charge is 0.410 e. The van der Waals surface area contributed by atoms with Crippen LogP contribution in [0.4, 0.5) is 0 Å². The van der Waals surface area contributed by atoms with Gasteiger partial charge in [-0.2, -0.15) is 0 Å². The summed E-state index contributed by atoms with van der Waals surface area (Å²) in [5.74, 6) is 0. The van der Waals surface area contributed by atoms with Crippen molar-refractivity contribution in [2.45, 2.75) is 18.9 Å². The summed E-state index contributed by atoms with van der Waals surface area (Å²) in [4.78, 5) is 0. The number of methoxy groups -OCH3 is 1. The van der Waals surface area contributed by atoms with Crippen LogP contribution in [0.15, 0.2) is 30.3 Å². The average molecular weight is 222 g/mol. The Morgan fingerprint density at radius 3 is 2.67 bits per heavy atom. The van der Waals surface area contributed by atoms with Crippen LogP contribution in [0.1, 0.15) is 12.8 Å². The van der Waals surface area contributed by atoms with Gasteiger partial charge in [-0.05, 0) is 17.7 Å². The second-order valence-corrected chi connectivity index (χ2v) is 7.74. The lowest BCUT2D eigenvalue weighted by Gasteiger charge is -2.34. The van der Waals surface area contributed by atoms with Crippen LogP contribution >= 0.6 is 0 Å². The van der Waals surface area contributed by atoms with E-state index < -0.39 is 8.32 Å². The fraction of sp³-hybridized carbons (Fsp3) is 0.500. The Morgan fingerprint density at radius 1 is 1.27 bits per heavy atom. The smallest absolute Gasteiger partial charge is 0.249 e. The maximum atomic E-state index is 6.11. The number of benzene rings is 1. The van der Waals surface area contributed by atoms with Crippen molar-refractivity contribution < 1.29 is 9.16 Å². The van der Waals surface area contributed by atoms with Gasteiger partial charge in [-0.15, -0.1) is 0 Å². The van der Waals surface area contributed by atoms with Crippen LogP contribution in [0.25, 0.3) is 0 Å². The van der Waals surface area contributed by atoms with E-state index in [-0.39, 0.29) is 0 Å². The monoisotopic (exact) mass is 222 g/mol. The molecule has 1 unspecified atom stereocenters. The summed E-state index contributed by atoms with van der Waals surface area (Å²) in [7, 11) is -0.00754. The highest BCUT2D eigenvalue weighted by Crippen LogP contribution is 2.21. The molecule has 0 aromatic heterocycles. The second kappa shape index (κ2) is 4.92. The minimum Gasteiger partial charge on any atom is -0.410 e. The molecule has 0 amide bonds. The van der Waals surface area contributed by atoms with E-state index >= 15 is 0 Å². The van der Waals surface area contributed by atoms with Crippen LogP contribution < -0.4 is 5.19 Å². The van der Waals surface area contributed by atoms with Gasteiger partial charge < -0.3 is 9.16 Å². The Labute approximate surface area is 92.3 Å². The molecule has 0 bridgehead atoms. The number of rotatable bonds is 3. The predicted molar refractivity (Wildman–Crippen MR) is 63.7 cm³/mol. The Balaban J connectivity index is 2.25. The third kappa shape index (κ3) is 2.30. The molecule has 3 heteroatoms. The minimum atomic E-state index is -1.78. The lowest BCUT2D eigenvalue weighted by molar-refractivity contribution is 0.198. The van der Waals surface area contributed by atoms with Crippen molar-refractivity contribution in [2.75, 3.05) is 19.9 Å². The molecule has 1 aliphatic heterocycles. The van der Waals surface area contributed by atoms with Gasteiger partial charge in [-0.1, -0.05) is 36.8 Å². The molecule has 2 nitrogen and oxygen atoms in total. The van der Waals surface area contributed by atoms with Gasteiger partial charge in [0.15, 0.2) is 0 Å². The molecule has 1 fully saturated rings. The topological polar surface area (TPSA) is 18.5 Å². The first kappa shape index (κ1) is 10.9. The standard InChI is InChI=1S/C12H18O2Si/c1-13-11-15(10-6-5-9-14-15)12-7-3-2-4-8-12/h2-4,7-8H,5-6,9-11H2,1H3. The molecule has 2 rings (SSSR count). The number of ether oxygens (including phenoxy) is 1. The van der Waals surface area contributed by atoms with Crippen molar-refractivity contribution in [3.05, 3.63) is 30.3 Å². The molecule has 0 spiro atoms. The molecular weight excluding hydrogens is 204 g/mol. The summed E-state index contributed by atoms with van der Waals surface area (Å²) < 4.78 is 11.5. The molecule has 0 aliphatic carbocycles. The molecule has 15 heavy (non-hydrogen) atoms. The normalized spacial score (nSPS) is 26.5. The Morgan fingerprint density at radius 2 is 2.07 bits per heavy atom. The molecule has 82 valence electrons. The van der Waals surface area contributed by atoms with E-state index in [1.54, 1.807) is 7.11 Å². The maximum absolute atomic E-state index is 6.11. The molecule has 0 N–H and O–H groups in total. The van der Waals surface area contributed by atoms with Gasteiger partial charge in [0.1, 0.15) is 0 Å². The van der Waals surface area contributed by atoms with Gasteiger partial charge >= 0.3 is 0 Å². The molecule has 1 heterocycles. The first-order chi connectivity index (χ1) is 7.37. The van der Waals surface area contributed by atoms with Gasteiger partial charge in [-0.25, -0.2) is 0 Å². The fourth-order valence-corrected chi connectivity index (χ4v) is 5.87. The van der Waals surface area contributed by atoms with Crippen LogP contribution in [-0.4, -0.2) is 28.3 Å². The van der Waals surface area contributed by atoms with E-state index in [1.165, 1.54) is 24.1 Å². The van der Waals surface area contributed by atoms with E-state index in [0.717, 1.165) is 12.8 Å². The number of hydrogen-bond donors (Lipinski definition) is 0. The predicted octanol–water partition coefficient (Wildman–Crippen LogP) is 1.84. The summed E-state index contributed by atoms with van der Waals surface area (Å²) in [6.07, 6.45) is 3.27. The summed E-state index contributed by atoms with van der Waals surface area (Å²) in [5, 5.41) is 1.38. The quantitative estimate of drug-likeness (QED) is 0.727. The summed E-state index contributed by atoms with van der Waals surface area (Å²) in [6, 6.07) is 11.8. The van der Waals surface area contributed by atoms with Gasteiger partial charge in [0.05, 0.1) is 6.23 Å². The lowest BCUT2D eigenvalue weighted by Crippen LogP contribution is -2.56. The van der Waals surface area contributed by atoms with Crippen LogP contribution in [0.3, 0.4) is 0 Å². The molecule has 0 saturated carbocycles. The first-order valence-electron chi connectivity index (χ1n) is 5.56. The van der Waals surface area contributed by atoms with Crippen molar-refractivity contribution in [2.24, 2.45) is 0 Å². The highest BCUT2D eigenvalue weighted by atomic mass is 28.4. The van der Waals surface area contributed by atoms with Crippen LogP contribution in [0.2, 0.25) is 6.04 Å². The Hall–Kier alpha value is -0.643. The van der Waals surface area contributed by atoms with Crippen molar-refractivity contribution in [1.82, 2.24) is 0 Å². The van der Waals surface area contributed by atoms with E-state index in [1.807, 2.05) is 0 Å². The van der Waals surface area contributed by atoms with Crippen LogP contribution in [-0.2, 0) is 9.16 Å². The van der Waals surface area contributed by atoms with E-state index in [9.17, 15) is 0 Å². The van der Waals surface area contributed by atoms with Gasteiger partial charge in [0, 0.05) is 13.7 Å². The van der Waals surface area contributed by atoms with Crippen molar-refractivity contribution in [1.29, 1.82) is 0 Å². The van der Waals surface area contributed by atoms with E-state index in [4.69, 9.17) is 9.16 Å². The summed E-state index contributed by atoms with van der Waals surface area (Å²) >= 11 is 0. The van der Waals surface area contributed by atoms with Gasteiger partial charge in [0.2, 0.25) is 8.32 Å². The number of hydrogen-bond acceptors (Lipinski definition) is 2. The lowest BCUT2D eigenvalue weighted by atomic mass is 10.3. The highest BCUT2D eigenvalue weighted by Gasteiger charge is 2.38. The zero-order valence-electron chi connectivity index (χ0n) is 9.24. The maximum Gasteiger partial charge on any atom is 0.249 e. The summed E-state index contributed by atoms with van der Waals surface area (Å²) in [6.45, 7) is 0.907. The molecule has 1 saturated heterocycles. The Kier molecular flexibility index (Phi) is 3.56. The van der Waals surface area contributed by atoms with Crippen LogP contribution in [0.5, 0.6) is 0 Å². The van der Waals surface area contributed by atoms with Gasteiger partial charge in [-0.3, -0.25) is 0 Å². The Bertz CT molecular complexity index is 288. The zero-order chi connectivity index (χ0) is 10.6. The third-order valence-corrected chi connectivity index (χ3v) is 7.09. The van der Waals surface area contributed by atoms with Gasteiger partial charge in [0.25, 0.3) is 0 Å². The molecule has 0 radical (unpaired) electrons. The zero-order valence-corrected chi connectivity index (χ0v) is 10.2. The van der Waals surface area contributed by atoms with Crippen molar-refractivity contribution >= 4 is 13.5 Å². The molecule has 1 atom stereocenters. The molecule has 1 aromatic rings. The molecule has 1 aromatic carbocycles.